The maximum atomic E-state index is 13.5. The first-order valence-electron chi connectivity index (χ1n) is 4.94. The third-order valence-corrected chi connectivity index (χ3v) is 2.51. The smallest absolute Gasteiger partial charge is 0.134 e. The SMILES string of the molecule is CCC/C(C#N)=C(/N)c1c(F)cccc1Cl. The van der Waals surface area contributed by atoms with Crippen LogP contribution in [0.5, 0.6) is 0 Å². The molecule has 0 amide bonds. The van der Waals surface area contributed by atoms with Crippen LogP contribution in [0, 0.1) is 17.1 Å². The van der Waals surface area contributed by atoms with Gasteiger partial charge in [0.25, 0.3) is 0 Å². The first-order chi connectivity index (χ1) is 7.61. The maximum Gasteiger partial charge on any atom is 0.134 e. The van der Waals surface area contributed by atoms with Crippen molar-refractivity contribution in [2.45, 2.75) is 19.8 Å². The van der Waals surface area contributed by atoms with E-state index in [0.29, 0.717) is 12.0 Å². The average molecular weight is 239 g/mol. The van der Waals surface area contributed by atoms with Crippen LogP contribution in [-0.2, 0) is 0 Å². The molecule has 0 aliphatic heterocycles. The van der Waals surface area contributed by atoms with Crippen molar-refractivity contribution < 1.29 is 4.39 Å². The fourth-order valence-corrected chi connectivity index (χ4v) is 1.67. The summed E-state index contributed by atoms with van der Waals surface area (Å²) in [7, 11) is 0. The first-order valence-corrected chi connectivity index (χ1v) is 5.32. The normalized spacial score (nSPS) is 11.9. The maximum absolute atomic E-state index is 13.5. The second-order valence-corrected chi connectivity index (χ2v) is 3.76. The van der Waals surface area contributed by atoms with Gasteiger partial charge in [-0.15, -0.1) is 0 Å². The second-order valence-electron chi connectivity index (χ2n) is 3.35. The summed E-state index contributed by atoms with van der Waals surface area (Å²) >= 11 is 5.86. The topological polar surface area (TPSA) is 49.8 Å². The third-order valence-electron chi connectivity index (χ3n) is 2.19. The van der Waals surface area contributed by atoms with Crippen molar-refractivity contribution in [2.75, 3.05) is 0 Å². The van der Waals surface area contributed by atoms with Crippen molar-refractivity contribution in [3.63, 3.8) is 0 Å². The van der Waals surface area contributed by atoms with Gasteiger partial charge in [-0.3, -0.25) is 0 Å². The molecular formula is C12H12ClFN2. The number of hydrogen-bond acceptors (Lipinski definition) is 2. The molecule has 0 spiro atoms. The minimum Gasteiger partial charge on any atom is -0.397 e. The molecule has 0 unspecified atom stereocenters. The molecule has 0 fully saturated rings. The minimum absolute atomic E-state index is 0.120. The standard InChI is InChI=1S/C12H12ClFN2/c1-2-4-8(7-15)12(16)11-9(13)5-3-6-10(11)14/h3,5-6H,2,4,16H2,1H3/b12-8-. The van der Waals surface area contributed by atoms with Gasteiger partial charge in [0.1, 0.15) is 5.82 Å². The van der Waals surface area contributed by atoms with Gasteiger partial charge in [-0.2, -0.15) is 5.26 Å². The zero-order valence-corrected chi connectivity index (χ0v) is 9.68. The fourth-order valence-electron chi connectivity index (χ4n) is 1.41. The molecule has 2 N–H and O–H groups in total. The van der Waals surface area contributed by atoms with Crippen LogP contribution in [0.15, 0.2) is 23.8 Å². The van der Waals surface area contributed by atoms with Crippen molar-refractivity contribution in [1.29, 1.82) is 5.26 Å². The van der Waals surface area contributed by atoms with Crippen molar-refractivity contribution in [3.8, 4) is 6.07 Å². The Kier molecular flexibility index (Phi) is 4.33. The van der Waals surface area contributed by atoms with Gasteiger partial charge in [0, 0.05) is 0 Å². The van der Waals surface area contributed by atoms with E-state index in [-0.39, 0.29) is 16.3 Å². The number of allylic oxidation sites excluding steroid dienone is 1. The molecule has 0 aliphatic carbocycles. The largest absolute Gasteiger partial charge is 0.397 e. The minimum atomic E-state index is -0.506. The van der Waals surface area contributed by atoms with E-state index < -0.39 is 5.82 Å². The summed E-state index contributed by atoms with van der Waals surface area (Å²) in [4.78, 5) is 0. The van der Waals surface area contributed by atoms with Crippen LogP contribution < -0.4 is 5.73 Å². The Morgan fingerprint density at radius 2 is 2.25 bits per heavy atom. The summed E-state index contributed by atoms with van der Waals surface area (Å²) in [6.07, 6.45) is 1.29. The lowest BCUT2D eigenvalue weighted by Gasteiger charge is -2.08. The van der Waals surface area contributed by atoms with E-state index in [2.05, 4.69) is 0 Å². The number of nitrogens with zero attached hydrogens (tertiary/aromatic N) is 1. The van der Waals surface area contributed by atoms with Crippen molar-refractivity contribution in [3.05, 3.63) is 40.2 Å². The van der Waals surface area contributed by atoms with E-state index in [1.165, 1.54) is 12.1 Å². The van der Waals surface area contributed by atoms with E-state index >= 15 is 0 Å². The molecule has 0 aromatic heterocycles. The van der Waals surface area contributed by atoms with Gasteiger partial charge in [-0.05, 0) is 18.6 Å². The number of hydrogen-bond donors (Lipinski definition) is 1. The van der Waals surface area contributed by atoms with Crippen LogP contribution >= 0.6 is 11.6 Å². The van der Waals surface area contributed by atoms with Crippen molar-refractivity contribution in [2.24, 2.45) is 5.73 Å². The summed E-state index contributed by atoms with van der Waals surface area (Å²) in [5, 5.41) is 9.14. The second kappa shape index (κ2) is 5.53. The molecule has 1 rings (SSSR count). The lowest BCUT2D eigenvalue weighted by Crippen LogP contribution is -2.04. The number of nitrogens with two attached hydrogens (primary N) is 1. The lowest BCUT2D eigenvalue weighted by atomic mass is 10.0. The molecule has 0 radical (unpaired) electrons. The highest BCUT2D eigenvalue weighted by Crippen LogP contribution is 2.26. The Bertz CT molecular complexity index is 440. The van der Waals surface area contributed by atoms with Gasteiger partial charge in [-0.25, -0.2) is 4.39 Å². The molecular weight excluding hydrogens is 227 g/mol. The average Bonchev–Trinajstić information content (AvgIpc) is 2.25. The predicted octanol–water partition coefficient (Wildman–Crippen LogP) is 3.47. The van der Waals surface area contributed by atoms with Crippen LogP contribution in [0.1, 0.15) is 25.3 Å². The fraction of sp³-hybridized carbons (Fsp3) is 0.250. The van der Waals surface area contributed by atoms with E-state index in [4.69, 9.17) is 22.6 Å². The highest BCUT2D eigenvalue weighted by atomic mass is 35.5. The first kappa shape index (κ1) is 12.5. The number of rotatable bonds is 3. The van der Waals surface area contributed by atoms with E-state index in [9.17, 15) is 4.39 Å². The van der Waals surface area contributed by atoms with Gasteiger partial charge >= 0.3 is 0 Å². The van der Waals surface area contributed by atoms with Gasteiger partial charge in [0.05, 0.1) is 27.9 Å². The molecule has 0 heterocycles. The third kappa shape index (κ3) is 2.53. The molecule has 1 aromatic carbocycles. The molecule has 0 atom stereocenters. The Morgan fingerprint density at radius 1 is 1.56 bits per heavy atom. The van der Waals surface area contributed by atoms with E-state index in [0.717, 1.165) is 6.42 Å². The highest BCUT2D eigenvalue weighted by Gasteiger charge is 2.13. The Balaban J connectivity index is 3.33. The molecule has 84 valence electrons. The quantitative estimate of drug-likeness (QED) is 0.820. The molecule has 0 bridgehead atoms. The summed E-state index contributed by atoms with van der Waals surface area (Å²) in [5.74, 6) is -0.506. The van der Waals surface area contributed by atoms with Crippen LogP contribution in [0.4, 0.5) is 4.39 Å². The Hall–Kier alpha value is -1.53. The van der Waals surface area contributed by atoms with Gasteiger partial charge in [0.15, 0.2) is 0 Å². The Labute approximate surface area is 99.1 Å². The van der Waals surface area contributed by atoms with Crippen LogP contribution in [0.25, 0.3) is 5.70 Å². The Morgan fingerprint density at radius 3 is 2.75 bits per heavy atom. The van der Waals surface area contributed by atoms with Crippen molar-refractivity contribution in [1.82, 2.24) is 0 Å². The molecule has 0 saturated heterocycles. The van der Waals surface area contributed by atoms with Gasteiger partial charge in [0.2, 0.25) is 0 Å². The van der Waals surface area contributed by atoms with Gasteiger partial charge in [-0.1, -0.05) is 31.0 Å². The predicted molar refractivity (Wildman–Crippen MR) is 63.0 cm³/mol. The lowest BCUT2D eigenvalue weighted by molar-refractivity contribution is 0.623. The van der Waals surface area contributed by atoms with Crippen molar-refractivity contribution >= 4 is 17.3 Å². The summed E-state index contributed by atoms with van der Waals surface area (Å²) in [6, 6.07) is 6.31. The highest BCUT2D eigenvalue weighted by molar-refractivity contribution is 6.32. The zero-order valence-electron chi connectivity index (χ0n) is 8.93. The zero-order chi connectivity index (χ0) is 12.1. The molecule has 0 saturated carbocycles. The van der Waals surface area contributed by atoms with Crippen LogP contribution in [-0.4, -0.2) is 0 Å². The molecule has 4 heteroatoms. The molecule has 1 aromatic rings. The monoisotopic (exact) mass is 238 g/mol. The molecule has 16 heavy (non-hydrogen) atoms. The van der Waals surface area contributed by atoms with E-state index in [1.54, 1.807) is 6.07 Å². The molecule has 0 aliphatic rings. The van der Waals surface area contributed by atoms with Crippen LogP contribution in [0.3, 0.4) is 0 Å². The number of halogens is 2. The summed E-state index contributed by atoms with van der Waals surface area (Å²) < 4.78 is 13.5. The van der Waals surface area contributed by atoms with E-state index in [1.807, 2.05) is 13.0 Å². The number of nitriles is 1. The van der Waals surface area contributed by atoms with Gasteiger partial charge < -0.3 is 5.73 Å². The van der Waals surface area contributed by atoms with Crippen LogP contribution in [0.2, 0.25) is 5.02 Å². The summed E-state index contributed by atoms with van der Waals surface area (Å²) in [5.41, 5.74) is 6.39. The molecule has 2 nitrogen and oxygen atoms in total. The summed E-state index contributed by atoms with van der Waals surface area (Å²) in [6.45, 7) is 1.92. The number of benzene rings is 1.